The van der Waals surface area contributed by atoms with E-state index in [-0.39, 0.29) is 0 Å². The number of nitrogens with zero attached hydrogens (tertiary/aromatic N) is 2. The first-order chi connectivity index (χ1) is 7.25. The van der Waals surface area contributed by atoms with Crippen molar-refractivity contribution in [3.8, 4) is 0 Å². The molecular formula is C12H25N3. The van der Waals surface area contributed by atoms with Crippen LogP contribution in [0.1, 0.15) is 32.6 Å². The van der Waals surface area contributed by atoms with Gasteiger partial charge in [0.25, 0.3) is 0 Å². The minimum atomic E-state index is 0.356. The van der Waals surface area contributed by atoms with Crippen molar-refractivity contribution in [2.75, 3.05) is 32.7 Å². The Morgan fingerprint density at radius 2 is 2.13 bits per heavy atom. The molecule has 0 amide bonds. The van der Waals surface area contributed by atoms with Crippen LogP contribution in [0.3, 0.4) is 0 Å². The largest absolute Gasteiger partial charge is 0.328 e. The van der Waals surface area contributed by atoms with Crippen LogP contribution in [-0.4, -0.2) is 54.6 Å². The second kappa shape index (κ2) is 5.28. The summed E-state index contributed by atoms with van der Waals surface area (Å²) in [4.78, 5) is 5.29. The Morgan fingerprint density at radius 1 is 1.27 bits per heavy atom. The zero-order valence-electron chi connectivity index (χ0n) is 9.99. The van der Waals surface area contributed by atoms with E-state index in [4.69, 9.17) is 5.73 Å². The zero-order valence-corrected chi connectivity index (χ0v) is 9.99. The van der Waals surface area contributed by atoms with Crippen molar-refractivity contribution in [1.82, 2.24) is 9.80 Å². The van der Waals surface area contributed by atoms with E-state index in [1.54, 1.807) is 0 Å². The van der Waals surface area contributed by atoms with Gasteiger partial charge in [-0.15, -0.1) is 0 Å². The monoisotopic (exact) mass is 211 g/mol. The van der Waals surface area contributed by atoms with Gasteiger partial charge in [0.15, 0.2) is 0 Å². The second-order valence-electron chi connectivity index (χ2n) is 5.25. The van der Waals surface area contributed by atoms with E-state index >= 15 is 0 Å². The van der Waals surface area contributed by atoms with E-state index in [9.17, 15) is 0 Å². The lowest BCUT2D eigenvalue weighted by Gasteiger charge is -2.44. The number of hydrogen-bond donors (Lipinski definition) is 1. The minimum absolute atomic E-state index is 0.356. The fraction of sp³-hybridized carbons (Fsp3) is 1.00. The van der Waals surface area contributed by atoms with Crippen molar-refractivity contribution in [3.63, 3.8) is 0 Å². The van der Waals surface area contributed by atoms with Crippen LogP contribution in [-0.2, 0) is 0 Å². The topological polar surface area (TPSA) is 32.5 Å². The molecule has 0 spiro atoms. The van der Waals surface area contributed by atoms with Crippen molar-refractivity contribution in [3.05, 3.63) is 0 Å². The summed E-state index contributed by atoms with van der Waals surface area (Å²) in [7, 11) is 0. The maximum atomic E-state index is 5.80. The SMILES string of the molecule is CC(N)CCN1CCN2CCCCC2C1. The molecule has 2 unspecified atom stereocenters. The molecule has 2 aliphatic heterocycles. The molecule has 2 fully saturated rings. The van der Waals surface area contributed by atoms with Gasteiger partial charge in [-0.05, 0) is 39.3 Å². The first-order valence-electron chi connectivity index (χ1n) is 6.47. The number of fused-ring (bicyclic) bond motifs is 1. The van der Waals surface area contributed by atoms with Crippen molar-refractivity contribution < 1.29 is 0 Å². The standard InChI is InChI=1S/C12H25N3/c1-11(13)5-7-14-8-9-15-6-3-2-4-12(15)10-14/h11-12H,2-10,13H2,1H3. The quantitative estimate of drug-likeness (QED) is 0.752. The summed E-state index contributed by atoms with van der Waals surface area (Å²) in [5.41, 5.74) is 5.80. The molecule has 0 aromatic rings. The van der Waals surface area contributed by atoms with Gasteiger partial charge in [0, 0.05) is 31.7 Å². The molecule has 2 aliphatic rings. The van der Waals surface area contributed by atoms with E-state index < -0.39 is 0 Å². The van der Waals surface area contributed by atoms with Gasteiger partial charge in [0.1, 0.15) is 0 Å². The predicted octanol–water partition coefficient (Wildman–Crippen LogP) is 0.894. The molecule has 2 rings (SSSR count). The summed E-state index contributed by atoms with van der Waals surface area (Å²) in [6.45, 7) is 8.46. The second-order valence-corrected chi connectivity index (χ2v) is 5.25. The third-order valence-corrected chi connectivity index (χ3v) is 3.82. The van der Waals surface area contributed by atoms with Gasteiger partial charge in [0.05, 0.1) is 0 Å². The molecule has 2 atom stereocenters. The molecule has 0 aromatic heterocycles. The summed E-state index contributed by atoms with van der Waals surface area (Å²) < 4.78 is 0. The van der Waals surface area contributed by atoms with Gasteiger partial charge in [-0.3, -0.25) is 4.90 Å². The van der Waals surface area contributed by atoms with Crippen LogP contribution in [0.25, 0.3) is 0 Å². The summed E-state index contributed by atoms with van der Waals surface area (Å²) in [6.07, 6.45) is 5.40. The maximum absolute atomic E-state index is 5.80. The highest BCUT2D eigenvalue weighted by atomic mass is 15.3. The molecule has 2 N–H and O–H groups in total. The first-order valence-corrected chi connectivity index (χ1v) is 6.47. The van der Waals surface area contributed by atoms with Crippen LogP contribution >= 0.6 is 0 Å². The van der Waals surface area contributed by atoms with Crippen molar-refractivity contribution in [2.24, 2.45) is 5.73 Å². The summed E-state index contributed by atoms with van der Waals surface area (Å²) in [5.74, 6) is 0. The number of piperazine rings is 1. The van der Waals surface area contributed by atoms with E-state index in [2.05, 4.69) is 16.7 Å². The number of rotatable bonds is 3. The molecule has 88 valence electrons. The molecule has 0 saturated carbocycles. The molecule has 0 bridgehead atoms. The van der Waals surface area contributed by atoms with Crippen LogP contribution in [0.4, 0.5) is 0 Å². The maximum Gasteiger partial charge on any atom is 0.0223 e. The van der Waals surface area contributed by atoms with Crippen molar-refractivity contribution in [2.45, 2.75) is 44.7 Å². The Labute approximate surface area is 93.6 Å². The van der Waals surface area contributed by atoms with Crippen LogP contribution in [0, 0.1) is 0 Å². The van der Waals surface area contributed by atoms with Gasteiger partial charge >= 0.3 is 0 Å². The molecule has 3 heteroatoms. The lowest BCUT2D eigenvalue weighted by atomic mass is 9.99. The third-order valence-electron chi connectivity index (χ3n) is 3.82. The van der Waals surface area contributed by atoms with Crippen molar-refractivity contribution in [1.29, 1.82) is 0 Å². The van der Waals surface area contributed by atoms with E-state index in [1.165, 1.54) is 52.0 Å². The summed E-state index contributed by atoms with van der Waals surface area (Å²) in [5, 5.41) is 0. The highest BCUT2D eigenvalue weighted by Crippen LogP contribution is 2.20. The van der Waals surface area contributed by atoms with Gasteiger partial charge in [-0.2, -0.15) is 0 Å². The first kappa shape index (κ1) is 11.4. The van der Waals surface area contributed by atoms with E-state index in [0.717, 1.165) is 12.5 Å². The van der Waals surface area contributed by atoms with Gasteiger partial charge in [-0.1, -0.05) is 6.42 Å². The Hall–Kier alpha value is -0.120. The Kier molecular flexibility index (Phi) is 4.00. The van der Waals surface area contributed by atoms with Crippen LogP contribution < -0.4 is 5.73 Å². The van der Waals surface area contributed by atoms with E-state index in [1.807, 2.05) is 0 Å². The Balaban J connectivity index is 1.75. The molecule has 15 heavy (non-hydrogen) atoms. The normalized spacial score (nSPS) is 31.2. The van der Waals surface area contributed by atoms with Crippen LogP contribution in [0.15, 0.2) is 0 Å². The van der Waals surface area contributed by atoms with Gasteiger partial charge in [-0.25, -0.2) is 0 Å². The lowest BCUT2D eigenvalue weighted by Crippen LogP contribution is -2.55. The summed E-state index contributed by atoms with van der Waals surface area (Å²) >= 11 is 0. The highest BCUT2D eigenvalue weighted by Gasteiger charge is 2.28. The number of hydrogen-bond acceptors (Lipinski definition) is 3. The number of piperidine rings is 1. The van der Waals surface area contributed by atoms with Crippen LogP contribution in [0.2, 0.25) is 0 Å². The molecule has 2 heterocycles. The molecule has 0 radical (unpaired) electrons. The van der Waals surface area contributed by atoms with Gasteiger partial charge < -0.3 is 10.6 Å². The minimum Gasteiger partial charge on any atom is -0.328 e. The summed E-state index contributed by atoms with van der Waals surface area (Å²) in [6, 6.07) is 1.20. The fourth-order valence-electron chi connectivity index (χ4n) is 2.81. The van der Waals surface area contributed by atoms with Gasteiger partial charge in [0.2, 0.25) is 0 Å². The Bertz CT molecular complexity index is 193. The highest BCUT2D eigenvalue weighted by molar-refractivity contribution is 4.85. The average molecular weight is 211 g/mol. The third kappa shape index (κ3) is 3.16. The van der Waals surface area contributed by atoms with Crippen LogP contribution in [0.5, 0.6) is 0 Å². The predicted molar refractivity (Wildman–Crippen MR) is 63.9 cm³/mol. The molecule has 0 aliphatic carbocycles. The molecule has 3 nitrogen and oxygen atoms in total. The molecule has 2 saturated heterocycles. The smallest absolute Gasteiger partial charge is 0.0223 e. The average Bonchev–Trinajstić information content (AvgIpc) is 2.26. The number of nitrogens with two attached hydrogens (primary N) is 1. The fourth-order valence-corrected chi connectivity index (χ4v) is 2.81. The lowest BCUT2D eigenvalue weighted by molar-refractivity contribution is 0.0483. The Morgan fingerprint density at radius 3 is 2.93 bits per heavy atom. The van der Waals surface area contributed by atoms with Crippen molar-refractivity contribution >= 4 is 0 Å². The molecular weight excluding hydrogens is 186 g/mol. The van der Waals surface area contributed by atoms with E-state index in [0.29, 0.717) is 6.04 Å². The zero-order chi connectivity index (χ0) is 10.7. The molecule has 0 aromatic carbocycles.